The lowest BCUT2D eigenvalue weighted by Gasteiger charge is -2.11. The summed E-state index contributed by atoms with van der Waals surface area (Å²) in [4.78, 5) is 16.3. The van der Waals surface area contributed by atoms with Gasteiger partial charge in [0.2, 0.25) is 5.91 Å². The van der Waals surface area contributed by atoms with E-state index >= 15 is 0 Å². The van der Waals surface area contributed by atoms with E-state index in [9.17, 15) is 4.79 Å². The first-order valence-electron chi connectivity index (χ1n) is 10.7. The van der Waals surface area contributed by atoms with Gasteiger partial charge >= 0.3 is 0 Å². The first-order chi connectivity index (χ1) is 15.1. The summed E-state index contributed by atoms with van der Waals surface area (Å²) in [5.74, 6) is 1.81. The summed E-state index contributed by atoms with van der Waals surface area (Å²) < 4.78 is 13.0. The molecule has 1 heterocycles. The summed E-state index contributed by atoms with van der Waals surface area (Å²) in [5.41, 5.74) is 3.18. The molecule has 0 aliphatic rings. The van der Waals surface area contributed by atoms with Gasteiger partial charge in [0.1, 0.15) is 18.2 Å². The van der Waals surface area contributed by atoms with Gasteiger partial charge in [-0.1, -0.05) is 23.7 Å². The van der Waals surface area contributed by atoms with Crippen LogP contribution in [-0.2, 0) is 22.5 Å². The molecule has 3 rings (SSSR count). The largest absolute Gasteiger partial charge is 0.494 e. The summed E-state index contributed by atoms with van der Waals surface area (Å²) in [7, 11) is 1.52. The van der Waals surface area contributed by atoms with E-state index in [1.54, 1.807) is 0 Å². The van der Waals surface area contributed by atoms with Crippen LogP contribution in [0.1, 0.15) is 30.7 Å². The van der Waals surface area contributed by atoms with Crippen molar-refractivity contribution in [2.45, 2.75) is 39.2 Å². The summed E-state index contributed by atoms with van der Waals surface area (Å²) >= 11 is 6.07. The Morgan fingerprint density at radius 3 is 2.81 bits per heavy atom. The Labute approximate surface area is 188 Å². The molecule has 0 saturated carbocycles. The van der Waals surface area contributed by atoms with Crippen molar-refractivity contribution in [2.24, 2.45) is 0 Å². The Balaban J connectivity index is 1.51. The van der Waals surface area contributed by atoms with Crippen LogP contribution in [0.4, 0.5) is 0 Å². The number of aryl methyl sites for hydroxylation is 3. The predicted molar refractivity (Wildman–Crippen MR) is 124 cm³/mol. The zero-order valence-electron chi connectivity index (χ0n) is 18.2. The molecule has 31 heavy (non-hydrogen) atoms. The number of nitrogens with one attached hydrogen (secondary N) is 1. The molecular formula is C24H30ClN3O3. The highest BCUT2D eigenvalue weighted by Crippen LogP contribution is 2.22. The topological polar surface area (TPSA) is 65.4 Å². The van der Waals surface area contributed by atoms with Crippen LogP contribution in [0.25, 0.3) is 11.0 Å². The molecule has 0 bridgehead atoms. The zero-order valence-corrected chi connectivity index (χ0v) is 19.0. The summed E-state index contributed by atoms with van der Waals surface area (Å²) in [6, 6.07) is 13.9. The fourth-order valence-electron chi connectivity index (χ4n) is 3.49. The minimum atomic E-state index is -0.0908. The number of rotatable bonds is 12. The SMILES string of the molecule is COCC(=O)NCCCc1nc2ccccc2n1CCCCOc1ccc(Cl)c(C)c1. The lowest BCUT2D eigenvalue weighted by molar-refractivity contribution is -0.124. The number of halogens is 1. The maximum absolute atomic E-state index is 11.5. The molecule has 0 spiro atoms. The lowest BCUT2D eigenvalue weighted by Crippen LogP contribution is -2.28. The molecule has 0 atom stereocenters. The molecule has 7 heteroatoms. The smallest absolute Gasteiger partial charge is 0.245 e. The van der Waals surface area contributed by atoms with Gasteiger partial charge in [-0.2, -0.15) is 0 Å². The standard InChI is InChI=1S/C24H30ClN3O3/c1-18-16-19(11-12-20(18)25)31-15-6-5-14-28-22-9-4-3-8-21(22)27-23(28)10-7-13-26-24(29)17-30-2/h3-4,8-9,11-12,16H,5-7,10,13-15,17H2,1-2H3,(H,26,29). The maximum Gasteiger partial charge on any atom is 0.245 e. The molecule has 0 aliphatic carbocycles. The normalized spacial score (nSPS) is 11.1. The second-order valence-electron chi connectivity index (χ2n) is 7.52. The molecule has 0 aliphatic heterocycles. The monoisotopic (exact) mass is 443 g/mol. The van der Waals surface area contributed by atoms with Crippen LogP contribution in [-0.4, -0.2) is 42.3 Å². The van der Waals surface area contributed by atoms with Gasteiger partial charge in [0, 0.05) is 31.6 Å². The van der Waals surface area contributed by atoms with Gasteiger partial charge in [-0.15, -0.1) is 0 Å². The predicted octanol–water partition coefficient (Wildman–Crippen LogP) is 4.55. The van der Waals surface area contributed by atoms with E-state index in [2.05, 4.69) is 16.0 Å². The highest BCUT2D eigenvalue weighted by atomic mass is 35.5. The third kappa shape index (κ3) is 6.71. The number of benzene rings is 2. The van der Waals surface area contributed by atoms with Crippen LogP contribution >= 0.6 is 11.6 Å². The summed E-state index contributed by atoms with van der Waals surface area (Å²) in [6.45, 7) is 4.23. The van der Waals surface area contributed by atoms with E-state index in [0.717, 1.165) is 65.4 Å². The molecule has 0 fully saturated rings. The van der Waals surface area contributed by atoms with E-state index in [4.69, 9.17) is 26.1 Å². The minimum absolute atomic E-state index is 0.0908. The number of amides is 1. The van der Waals surface area contributed by atoms with Crippen molar-refractivity contribution in [1.29, 1.82) is 0 Å². The second-order valence-corrected chi connectivity index (χ2v) is 7.93. The Kier molecular flexibility index (Phi) is 8.74. The Morgan fingerprint density at radius 1 is 1.16 bits per heavy atom. The zero-order chi connectivity index (χ0) is 22.1. The molecule has 0 saturated heterocycles. The highest BCUT2D eigenvalue weighted by Gasteiger charge is 2.10. The van der Waals surface area contributed by atoms with Crippen LogP contribution < -0.4 is 10.1 Å². The second kappa shape index (κ2) is 11.7. The van der Waals surface area contributed by atoms with Crippen LogP contribution in [0.2, 0.25) is 5.02 Å². The molecule has 3 aromatic rings. The summed E-state index contributed by atoms with van der Waals surface area (Å²) in [5, 5.41) is 3.62. The molecule has 1 amide bonds. The van der Waals surface area contributed by atoms with E-state index in [1.165, 1.54) is 7.11 Å². The first-order valence-corrected chi connectivity index (χ1v) is 11.0. The number of hydrogen-bond donors (Lipinski definition) is 1. The van der Waals surface area contributed by atoms with Gasteiger partial charge in [-0.25, -0.2) is 4.98 Å². The maximum atomic E-state index is 11.5. The lowest BCUT2D eigenvalue weighted by atomic mass is 10.2. The molecule has 0 unspecified atom stereocenters. The number of carbonyl (C=O) groups is 1. The number of nitrogens with zero attached hydrogens (tertiary/aromatic N) is 2. The minimum Gasteiger partial charge on any atom is -0.494 e. The van der Waals surface area contributed by atoms with E-state index < -0.39 is 0 Å². The van der Waals surface area contributed by atoms with Crippen LogP contribution in [0, 0.1) is 6.92 Å². The van der Waals surface area contributed by atoms with E-state index in [-0.39, 0.29) is 12.5 Å². The van der Waals surface area contributed by atoms with Crippen molar-refractivity contribution in [2.75, 3.05) is 26.9 Å². The number of hydrogen-bond acceptors (Lipinski definition) is 4. The molecule has 0 radical (unpaired) electrons. The molecule has 2 aromatic carbocycles. The van der Waals surface area contributed by atoms with Gasteiger partial charge in [0.25, 0.3) is 0 Å². The molecule has 166 valence electrons. The number of aromatic nitrogens is 2. The van der Waals surface area contributed by atoms with E-state index in [1.807, 2.05) is 43.3 Å². The Bertz CT molecular complexity index is 1000. The number of carbonyl (C=O) groups excluding carboxylic acids is 1. The van der Waals surface area contributed by atoms with Crippen molar-refractivity contribution in [3.05, 3.63) is 58.9 Å². The third-order valence-electron chi connectivity index (χ3n) is 5.08. The van der Waals surface area contributed by atoms with Crippen molar-refractivity contribution in [1.82, 2.24) is 14.9 Å². The van der Waals surface area contributed by atoms with Crippen molar-refractivity contribution in [3.8, 4) is 5.75 Å². The van der Waals surface area contributed by atoms with Crippen molar-refractivity contribution in [3.63, 3.8) is 0 Å². The Hall–Kier alpha value is -2.57. The van der Waals surface area contributed by atoms with Gasteiger partial charge < -0.3 is 19.4 Å². The fourth-order valence-corrected chi connectivity index (χ4v) is 3.61. The number of unbranched alkanes of at least 4 members (excludes halogenated alkanes) is 1. The summed E-state index contributed by atoms with van der Waals surface area (Å²) in [6.07, 6.45) is 3.57. The van der Waals surface area contributed by atoms with Crippen LogP contribution in [0.3, 0.4) is 0 Å². The van der Waals surface area contributed by atoms with Crippen LogP contribution in [0.5, 0.6) is 5.75 Å². The Morgan fingerprint density at radius 2 is 2.00 bits per heavy atom. The van der Waals surface area contributed by atoms with Gasteiger partial charge in [-0.05, 0) is 62.1 Å². The molecule has 1 N–H and O–H groups in total. The number of methoxy groups -OCH3 is 1. The number of para-hydroxylation sites is 2. The van der Waals surface area contributed by atoms with E-state index in [0.29, 0.717) is 13.2 Å². The molecule has 1 aromatic heterocycles. The van der Waals surface area contributed by atoms with Gasteiger partial charge in [0.15, 0.2) is 0 Å². The van der Waals surface area contributed by atoms with Crippen LogP contribution in [0.15, 0.2) is 42.5 Å². The average molecular weight is 444 g/mol. The van der Waals surface area contributed by atoms with Crippen molar-refractivity contribution >= 4 is 28.5 Å². The number of ether oxygens (including phenoxy) is 2. The van der Waals surface area contributed by atoms with Gasteiger partial charge in [0.05, 0.1) is 17.6 Å². The molecular weight excluding hydrogens is 414 g/mol. The number of fused-ring (bicyclic) bond motifs is 1. The quantitative estimate of drug-likeness (QED) is 0.417. The fraction of sp³-hybridized carbons (Fsp3) is 0.417. The first kappa shape index (κ1) is 23.1. The number of imidazole rings is 1. The molecule has 6 nitrogen and oxygen atoms in total. The average Bonchev–Trinajstić information content (AvgIpc) is 3.11. The third-order valence-corrected chi connectivity index (χ3v) is 5.51. The highest BCUT2D eigenvalue weighted by molar-refractivity contribution is 6.31. The van der Waals surface area contributed by atoms with Crippen molar-refractivity contribution < 1.29 is 14.3 Å². The van der Waals surface area contributed by atoms with Gasteiger partial charge in [-0.3, -0.25) is 4.79 Å².